The van der Waals surface area contributed by atoms with Crippen LogP contribution >= 0.6 is 0 Å². The predicted octanol–water partition coefficient (Wildman–Crippen LogP) is 4.28. The standard InChI is InChI=1S/C24H36N2O2/c1-4-19(14-18-8-6-5-7-9-18)21-15-22(21)25-16-24(2,3)17-26-12-10-20(11-13-26)23(27)28/h5-9,14,20-22,25H,4,10-13,15-17H2,1-3H3,(H,27,28)/b19-14+. The smallest absolute Gasteiger partial charge is 0.306 e. The molecule has 0 bridgehead atoms. The summed E-state index contributed by atoms with van der Waals surface area (Å²) in [6, 6.07) is 11.2. The van der Waals surface area contributed by atoms with Crippen molar-refractivity contribution in [2.24, 2.45) is 17.3 Å². The molecule has 28 heavy (non-hydrogen) atoms. The highest BCUT2D eigenvalue weighted by Gasteiger charge is 2.39. The molecule has 4 heteroatoms. The fourth-order valence-electron chi connectivity index (χ4n) is 4.47. The molecule has 2 unspecified atom stereocenters. The highest BCUT2D eigenvalue weighted by molar-refractivity contribution is 5.70. The third kappa shape index (κ3) is 5.92. The summed E-state index contributed by atoms with van der Waals surface area (Å²) in [5, 5.41) is 13.0. The van der Waals surface area contributed by atoms with Crippen molar-refractivity contribution >= 4 is 12.0 Å². The summed E-state index contributed by atoms with van der Waals surface area (Å²) in [4.78, 5) is 13.6. The largest absolute Gasteiger partial charge is 0.481 e. The molecule has 1 aromatic carbocycles. The van der Waals surface area contributed by atoms with Crippen molar-refractivity contribution < 1.29 is 9.90 Å². The van der Waals surface area contributed by atoms with Crippen molar-refractivity contribution in [1.82, 2.24) is 10.2 Å². The summed E-state index contributed by atoms with van der Waals surface area (Å²) in [6.07, 6.45) is 6.29. The first kappa shape index (κ1) is 21.1. The Hall–Kier alpha value is -1.65. The molecule has 2 N–H and O–H groups in total. The molecular formula is C24H36N2O2. The van der Waals surface area contributed by atoms with Gasteiger partial charge >= 0.3 is 5.97 Å². The summed E-state index contributed by atoms with van der Waals surface area (Å²) in [5.74, 6) is -0.100. The van der Waals surface area contributed by atoms with Gasteiger partial charge in [0.2, 0.25) is 0 Å². The van der Waals surface area contributed by atoms with E-state index in [-0.39, 0.29) is 11.3 Å². The zero-order chi connectivity index (χ0) is 20.1. The summed E-state index contributed by atoms with van der Waals surface area (Å²) < 4.78 is 0. The first-order valence-corrected chi connectivity index (χ1v) is 10.8. The van der Waals surface area contributed by atoms with E-state index in [0.717, 1.165) is 45.4 Å². The molecule has 2 aliphatic rings. The monoisotopic (exact) mass is 384 g/mol. The number of piperidine rings is 1. The van der Waals surface area contributed by atoms with Crippen LogP contribution in [0.5, 0.6) is 0 Å². The minimum Gasteiger partial charge on any atom is -0.481 e. The quantitative estimate of drug-likeness (QED) is 0.667. The SMILES string of the molecule is CC/C(=C\c1ccccc1)C1CC1NCC(C)(C)CN1CCC(C(=O)O)CC1. The maximum absolute atomic E-state index is 11.1. The predicted molar refractivity (Wildman–Crippen MR) is 115 cm³/mol. The number of hydrogen-bond acceptors (Lipinski definition) is 3. The molecule has 1 saturated heterocycles. The van der Waals surface area contributed by atoms with Gasteiger partial charge in [-0.2, -0.15) is 0 Å². The van der Waals surface area contributed by atoms with Crippen molar-refractivity contribution in [2.75, 3.05) is 26.2 Å². The lowest BCUT2D eigenvalue weighted by Gasteiger charge is -2.36. The molecule has 0 aromatic heterocycles. The summed E-state index contributed by atoms with van der Waals surface area (Å²) in [7, 11) is 0. The van der Waals surface area contributed by atoms with Crippen molar-refractivity contribution in [3.63, 3.8) is 0 Å². The Morgan fingerprint density at radius 3 is 2.54 bits per heavy atom. The van der Waals surface area contributed by atoms with E-state index in [1.54, 1.807) is 5.57 Å². The molecule has 0 radical (unpaired) electrons. The maximum Gasteiger partial charge on any atom is 0.306 e. The number of hydrogen-bond donors (Lipinski definition) is 2. The van der Waals surface area contributed by atoms with E-state index in [4.69, 9.17) is 5.11 Å². The van der Waals surface area contributed by atoms with E-state index in [0.29, 0.717) is 12.0 Å². The van der Waals surface area contributed by atoms with Crippen LogP contribution in [0.4, 0.5) is 0 Å². The molecular weight excluding hydrogens is 348 g/mol. The Kier molecular flexibility index (Phi) is 6.95. The first-order valence-electron chi connectivity index (χ1n) is 10.8. The molecule has 0 spiro atoms. The lowest BCUT2D eigenvalue weighted by molar-refractivity contribution is -0.143. The third-order valence-electron chi connectivity index (χ3n) is 6.26. The Balaban J connectivity index is 1.44. The van der Waals surface area contributed by atoms with Gasteiger partial charge in [-0.3, -0.25) is 4.79 Å². The van der Waals surface area contributed by atoms with Gasteiger partial charge in [-0.25, -0.2) is 0 Å². The number of nitrogens with one attached hydrogen (secondary N) is 1. The van der Waals surface area contributed by atoms with Crippen molar-refractivity contribution in [1.29, 1.82) is 0 Å². The Morgan fingerprint density at radius 1 is 1.25 bits per heavy atom. The fraction of sp³-hybridized carbons (Fsp3) is 0.625. The number of aliphatic carboxylic acids is 1. The van der Waals surface area contributed by atoms with Crippen LogP contribution in [0.15, 0.2) is 35.9 Å². The van der Waals surface area contributed by atoms with Crippen LogP contribution in [0.1, 0.15) is 52.0 Å². The molecule has 3 rings (SSSR count). The van der Waals surface area contributed by atoms with Gasteiger partial charge in [-0.15, -0.1) is 0 Å². The Labute approximate surface area is 170 Å². The highest BCUT2D eigenvalue weighted by atomic mass is 16.4. The molecule has 2 fully saturated rings. The molecule has 4 nitrogen and oxygen atoms in total. The van der Waals surface area contributed by atoms with Crippen LogP contribution in [0.25, 0.3) is 6.08 Å². The van der Waals surface area contributed by atoms with E-state index < -0.39 is 5.97 Å². The maximum atomic E-state index is 11.1. The third-order valence-corrected chi connectivity index (χ3v) is 6.26. The molecule has 1 heterocycles. The van der Waals surface area contributed by atoms with Gasteiger partial charge in [-0.05, 0) is 55.7 Å². The number of carbonyl (C=O) groups is 1. The molecule has 1 aliphatic heterocycles. The molecule has 1 aliphatic carbocycles. The van der Waals surface area contributed by atoms with Gasteiger partial charge in [0, 0.05) is 19.1 Å². The van der Waals surface area contributed by atoms with Crippen LogP contribution in [-0.4, -0.2) is 48.2 Å². The van der Waals surface area contributed by atoms with Crippen LogP contribution in [0, 0.1) is 17.3 Å². The lowest BCUT2D eigenvalue weighted by Crippen LogP contribution is -2.45. The number of carboxylic acids is 1. The van der Waals surface area contributed by atoms with E-state index in [2.05, 4.69) is 67.4 Å². The molecule has 0 amide bonds. The van der Waals surface area contributed by atoms with E-state index in [9.17, 15) is 4.79 Å². The van der Waals surface area contributed by atoms with E-state index in [1.807, 2.05) is 0 Å². The van der Waals surface area contributed by atoms with E-state index in [1.165, 1.54) is 12.0 Å². The number of rotatable bonds is 9. The number of likely N-dealkylation sites (tertiary alicyclic amines) is 1. The van der Waals surface area contributed by atoms with Gasteiger partial charge in [0.05, 0.1) is 5.92 Å². The van der Waals surface area contributed by atoms with Crippen LogP contribution in [-0.2, 0) is 4.79 Å². The normalized spacial score (nSPS) is 24.3. The van der Waals surface area contributed by atoms with Crippen LogP contribution in [0.3, 0.4) is 0 Å². The average molecular weight is 385 g/mol. The number of benzene rings is 1. The second kappa shape index (κ2) is 9.23. The lowest BCUT2D eigenvalue weighted by atomic mass is 9.90. The van der Waals surface area contributed by atoms with Crippen molar-refractivity contribution in [2.45, 2.75) is 52.5 Å². The van der Waals surface area contributed by atoms with E-state index >= 15 is 0 Å². The molecule has 1 saturated carbocycles. The van der Waals surface area contributed by atoms with Crippen LogP contribution < -0.4 is 5.32 Å². The van der Waals surface area contributed by atoms with Crippen molar-refractivity contribution in [3.8, 4) is 0 Å². The minimum atomic E-state index is -0.629. The zero-order valence-electron chi connectivity index (χ0n) is 17.7. The van der Waals surface area contributed by atoms with Gasteiger partial charge in [-0.1, -0.05) is 62.8 Å². The summed E-state index contributed by atoms with van der Waals surface area (Å²) >= 11 is 0. The molecule has 1 aromatic rings. The zero-order valence-corrected chi connectivity index (χ0v) is 17.7. The van der Waals surface area contributed by atoms with Gasteiger partial charge in [0.25, 0.3) is 0 Å². The molecule has 2 atom stereocenters. The highest BCUT2D eigenvalue weighted by Crippen LogP contribution is 2.40. The summed E-state index contributed by atoms with van der Waals surface area (Å²) in [6.45, 7) is 10.8. The first-order chi connectivity index (χ1) is 13.4. The van der Waals surface area contributed by atoms with Crippen molar-refractivity contribution in [3.05, 3.63) is 41.5 Å². The minimum absolute atomic E-state index is 0.145. The van der Waals surface area contributed by atoms with Gasteiger partial charge in [0.1, 0.15) is 0 Å². The summed E-state index contributed by atoms with van der Waals surface area (Å²) in [5.41, 5.74) is 3.05. The topological polar surface area (TPSA) is 52.6 Å². The van der Waals surface area contributed by atoms with Gasteiger partial charge in [0.15, 0.2) is 0 Å². The number of carboxylic acid groups (broad SMARTS) is 1. The Bertz CT molecular complexity index is 675. The fourth-order valence-corrected chi connectivity index (χ4v) is 4.47. The average Bonchev–Trinajstić information content (AvgIpc) is 3.45. The van der Waals surface area contributed by atoms with Gasteiger partial charge < -0.3 is 15.3 Å². The number of nitrogens with zero attached hydrogens (tertiary/aromatic N) is 1. The second-order valence-corrected chi connectivity index (χ2v) is 9.37. The second-order valence-electron chi connectivity index (χ2n) is 9.37. The molecule has 154 valence electrons. The Morgan fingerprint density at radius 2 is 1.93 bits per heavy atom. The van der Waals surface area contributed by atoms with Crippen LogP contribution in [0.2, 0.25) is 0 Å².